The van der Waals surface area contributed by atoms with Crippen molar-refractivity contribution in [3.05, 3.63) is 365 Å². The Balaban J connectivity index is 0.804. The van der Waals surface area contributed by atoms with Crippen molar-refractivity contribution >= 4 is 85.3 Å². The maximum atomic E-state index is 2.58. The van der Waals surface area contributed by atoms with Gasteiger partial charge in [-0.05, 0) is 170 Å². The van der Waals surface area contributed by atoms with E-state index in [4.69, 9.17) is 0 Å². The maximum absolute atomic E-state index is 2.58. The zero-order valence-corrected chi connectivity index (χ0v) is 55.7. The van der Waals surface area contributed by atoms with Crippen LogP contribution in [0.2, 0.25) is 0 Å². The van der Waals surface area contributed by atoms with E-state index in [0.717, 1.165) is 50.9 Å². The zero-order valence-electron chi connectivity index (χ0n) is 55.7. The largest absolute Gasteiger partial charge is 0.310 e. The van der Waals surface area contributed by atoms with Crippen molar-refractivity contribution in [2.75, 3.05) is 24.5 Å². The first-order valence-corrected chi connectivity index (χ1v) is 34.0. The molecule has 0 unspecified atom stereocenters. The SMILES string of the molecule is CC1(C)c2ccccc2N(c2cccc(-c3cccc(N4c5ccccc5C(C)(C5(C)c6ccccc6N(c6cc(N7c8ccccc8C(C)(C)c8ccccc87)cc(N7c8ccccc8C(C)(C)c8ccccc87)c6)c6ccccc65)c5ccccc54)c3)c2)c2ccccc21. The summed E-state index contributed by atoms with van der Waals surface area (Å²) in [6, 6.07) is 117. The van der Waals surface area contributed by atoms with Crippen molar-refractivity contribution in [2.45, 2.75) is 82.5 Å². The highest BCUT2D eigenvalue weighted by molar-refractivity contribution is 5.98. The summed E-state index contributed by atoms with van der Waals surface area (Å²) in [6.07, 6.45) is 0. The molecule has 0 radical (unpaired) electrons. The molecule has 5 heterocycles. The van der Waals surface area contributed by atoms with Gasteiger partial charge in [0.05, 0.1) is 73.9 Å². The van der Waals surface area contributed by atoms with Crippen LogP contribution >= 0.6 is 0 Å². The average Bonchev–Trinajstić information content (AvgIpc) is 0.675. The minimum atomic E-state index is -0.634. The minimum absolute atomic E-state index is 0.146. The molecule has 5 nitrogen and oxygen atoms in total. The number of anilines is 15. The van der Waals surface area contributed by atoms with Crippen LogP contribution in [0, 0.1) is 0 Å². The molecule has 13 aromatic rings. The molecule has 0 aliphatic carbocycles. The molecule has 0 atom stereocenters. The van der Waals surface area contributed by atoms with Gasteiger partial charge in [-0.3, -0.25) is 0 Å². The third-order valence-corrected chi connectivity index (χ3v) is 22.8. The van der Waals surface area contributed by atoms with Gasteiger partial charge in [-0.1, -0.05) is 262 Å². The fourth-order valence-corrected chi connectivity index (χ4v) is 18.0. The highest BCUT2D eigenvalue weighted by Crippen LogP contribution is 2.67. The summed E-state index contributed by atoms with van der Waals surface area (Å²) < 4.78 is 0. The third-order valence-electron chi connectivity index (χ3n) is 22.8. The van der Waals surface area contributed by atoms with Gasteiger partial charge in [0.1, 0.15) is 0 Å². The molecule has 0 bridgehead atoms. The van der Waals surface area contributed by atoms with E-state index in [9.17, 15) is 0 Å². The van der Waals surface area contributed by atoms with Crippen LogP contribution in [0.25, 0.3) is 11.1 Å². The normalized spacial score (nSPS) is 16.4. The molecule has 5 aliphatic heterocycles. The summed E-state index contributed by atoms with van der Waals surface area (Å²) in [5, 5.41) is 0. The number of benzene rings is 13. The molecule has 5 aliphatic rings. The fraction of sp³-hybridized carbons (Fsp3) is 0.143. The predicted molar refractivity (Wildman–Crippen MR) is 401 cm³/mol. The van der Waals surface area contributed by atoms with E-state index in [0.29, 0.717) is 0 Å². The van der Waals surface area contributed by atoms with Crippen LogP contribution in [0.15, 0.2) is 309 Å². The Morgan fingerprint density at radius 3 is 0.562 bits per heavy atom. The minimum Gasteiger partial charge on any atom is -0.310 e. The van der Waals surface area contributed by atoms with Crippen molar-refractivity contribution in [3.63, 3.8) is 0 Å². The van der Waals surface area contributed by atoms with Gasteiger partial charge >= 0.3 is 0 Å². The lowest BCUT2D eigenvalue weighted by molar-refractivity contribution is 0.356. The van der Waals surface area contributed by atoms with Crippen LogP contribution in [-0.2, 0) is 27.1 Å². The Kier molecular flexibility index (Phi) is 12.5. The van der Waals surface area contributed by atoms with Crippen LogP contribution in [0.1, 0.15) is 111 Å². The number of hydrogen-bond donors (Lipinski definition) is 0. The third kappa shape index (κ3) is 7.98. The van der Waals surface area contributed by atoms with Crippen molar-refractivity contribution in [3.8, 4) is 11.1 Å². The fourth-order valence-electron chi connectivity index (χ4n) is 18.0. The van der Waals surface area contributed by atoms with Crippen molar-refractivity contribution in [2.24, 2.45) is 0 Å². The van der Waals surface area contributed by atoms with E-state index < -0.39 is 10.8 Å². The Hall–Kier alpha value is -11.1. The van der Waals surface area contributed by atoms with Gasteiger partial charge in [-0.2, -0.15) is 0 Å². The van der Waals surface area contributed by atoms with Crippen LogP contribution in [0.4, 0.5) is 85.3 Å². The summed E-state index contributed by atoms with van der Waals surface area (Å²) in [6.45, 7) is 19.3. The van der Waals surface area contributed by atoms with E-state index >= 15 is 0 Å². The molecule has 464 valence electrons. The average molecular weight is 1240 g/mol. The van der Waals surface area contributed by atoms with Crippen LogP contribution < -0.4 is 24.5 Å². The van der Waals surface area contributed by atoms with Crippen LogP contribution in [0.5, 0.6) is 0 Å². The summed E-state index contributed by atoms with van der Waals surface area (Å²) in [4.78, 5) is 12.6. The molecule has 13 aromatic carbocycles. The molecule has 0 fully saturated rings. The van der Waals surface area contributed by atoms with Gasteiger partial charge in [0, 0.05) is 38.4 Å². The highest BCUT2D eigenvalue weighted by atomic mass is 15.2. The summed E-state index contributed by atoms with van der Waals surface area (Å²) >= 11 is 0. The Bertz CT molecular complexity index is 4970. The summed E-state index contributed by atoms with van der Waals surface area (Å²) in [5.74, 6) is 0. The smallest absolute Gasteiger partial charge is 0.0503 e. The second kappa shape index (κ2) is 20.9. The first-order valence-electron chi connectivity index (χ1n) is 34.0. The topological polar surface area (TPSA) is 16.2 Å². The molecule has 0 spiro atoms. The zero-order chi connectivity index (χ0) is 65.0. The Morgan fingerprint density at radius 1 is 0.167 bits per heavy atom. The lowest BCUT2D eigenvalue weighted by Crippen LogP contribution is -2.51. The molecule has 0 saturated carbocycles. The molecule has 5 heteroatoms. The van der Waals surface area contributed by atoms with Gasteiger partial charge in [0.2, 0.25) is 0 Å². The standard InChI is InChI=1S/C91H75N5/c1-87(2)67-35-9-19-45-77(67)92(78-46-20-10-36-68(78)87)62-33-29-31-60(55-62)61-32-30-34-63(56-61)93-83-51-25-15-41-73(83)90(7,74-42-16-26-52-84(74)93)91(8)75-43-17-27-53-85(75)96(86-54-28-18-44-76(86)91)66-58-64(94-79-47-21-11-37-69(79)88(3,4)70-38-12-22-48-80(70)94)57-65(59-66)95-81-49-23-13-39-71(81)89(5,6)72-40-14-24-50-82(72)95/h9-59H,1-8H3. The van der Waals surface area contributed by atoms with Gasteiger partial charge in [-0.15, -0.1) is 0 Å². The van der Waals surface area contributed by atoms with Gasteiger partial charge in [0.15, 0.2) is 0 Å². The van der Waals surface area contributed by atoms with E-state index in [1.54, 1.807) is 0 Å². The van der Waals surface area contributed by atoms with Crippen molar-refractivity contribution < 1.29 is 0 Å². The summed E-state index contributed by atoms with van der Waals surface area (Å²) in [7, 11) is 0. The molecule has 96 heavy (non-hydrogen) atoms. The number of fused-ring (bicyclic) bond motifs is 10. The van der Waals surface area contributed by atoms with Crippen molar-refractivity contribution in [1.82, 2.24) is 0 Å². The second-order valence-corrected chi connectivity index (χ2v) is 28.8. The quantitative estimate of drug-likeness (QED) is 0.158. The van der Waals surface area contributed by atoms with Crippen LogP contribution in [0.3, 0.4) is 0 Å². The lowest BCUT2D eigenvalue weighted by Gasteiger charge is -2.56. The molecular weight excluding hydrogens is 1160 g/mol. The molecule has 0 saturated heterocycles. The predicted octanol–water partition coefficient (Wildman–Crippen LogP) is 24.6. The van der Waals surface area contributed by atoms with E-state index in [-0.39, 0.29) is 16.2 Å². The highest BCUT2D eigenvalue weighted by Gasteiger charge is 2.57. The number of para-hydroxylation sites is 10. The first kappa shape index (κ1) is 57.5. The molecule has 18 rings (SSSR count). The Morgan fingerprint density at radius 2 is 0.344 bits per heavy atom. The molecule has 0 aromatic heterocycles. The maximum Gasteiger partial charge on any atom is 0.0503 e. The molecule has 0 N–H and O–H groups in total. The van der Waals surface area contributed by atoms with Crippen LogP contribution in [-0.4, -0.2) is 0 Å². The number of rotatable bonds is 7. The molecular formula is C91H75N5. The Labute approximate surface area is 565 Å². The lowest BCUT2D eigenvalue weighted by atomic mass is 9.50. The first-order chi connectivity index (χ1) is 46.7. The summed E-state index contributed by atoms with van der Waals surface area (Å²) in [5.41, 5.74) is 30.6. The van der Waals surface area contributed by atoms with Gasteiger partial charge in [-0.25, -0.2) is 0 Å². The van der Waals surface area contributed by atoms with Gasteiger partial charge < -0.3 is 24.5 Å². The van der Waals surface area contributed by atoms with E-state index in [1.807, 2.05) is 0 Å². The van der Waals surface area contributed by atoms with E-state index in [2.05, 4.69) is 389 Å². The molecule has 0 amide bonds. The van der Waals surface area contributed by atoms with Gasteiger partial charge in [0.25, 0.3) is 0 Å². The number of hydrogen-bond acceptors (Lipinski definition) is 5. The number of nitrogens with zero attached hydrogens (tertiary/aromatic N) is 5. The van der Waals surface area contributed by atoms with E-state index in [1.165, 1.54) is 101 Å². The second-order valence-electron chi connectivity index (χ2n) is 28.8. The monoisotopic (exact) mass is 1240 g/mol. The van der Waals surface area contributed by atoms with Crippen molar-refractivity contribution in [1.29, 1.82) is 0 Å².